The largest absolute Gasteiger partial charge is 0.503 e. The van der Waals surface area contributed by atoms with Crippen LogP contribution in [0, 0.1) is 0 Å². The first-order valence-corrected chi connectivity index (χ1v) is 10.6. The quantitative estimate of drug-likeness (QED) is 0.364. The van der Waals surface area contributed by atoms with Gasteiger partial charge in [-0.25, -0.2) is 9.80 Å². The van der Waals surface area contributed by atoms with Gasteiger partial charge in [0, 0.05) is 10.6 Å². The topological polar surface area (TPSA) is 63.6 Å². The second-order valence-corrected chi connectivity index (χ2v) is 7.93. The second kappa shape index (κ2) is 9.18. The van der Waals surface area contributed by atoms with Crippen molar-refractivity contribution in [2.45, 2.75) is 19.0 Å². The fraction of sp³-hybridized carbons (Fsp3) is 0.217. The number of benzene rings is 2. The van der Waals surface area contributed by atoms with Crippen LogP contribution in [0.25, 0.3) is 0 Å². The molecule has 4 rings (SSSR count). The Labute approximate surface area is 185 Å². The molecule has 0 radical (unpaired) electrons. The number of hydrogen-bond donors (Lipinski definition) is 0. The predicted octanol–water partition coefficient (Wildman–Crippen LogP) is 4.30. The van der Waals surface area contributed by atoms with Crippen LogP contribution in [0.1, 0.15) is 12.5 Å². The van der Waals surface area contributed by atoms with Gasteiger partial charge in [0.25, 0.3) is 0 Å². The summed E-state index contributed by atoms with van der Waals surface area (Å²) in [7, 11) is 2.86. The molecule has 2 aliphatic heterocycles. The number of hydrazone groups is 1. The molecule has 2 heterocycles. The molecule has 0 amide bonds. The average Bonchev–Trinajstić information content (AvgIpc) is 3.37. The molecular formula is C23H23N3O4S. The maximum absolute atomic E-state index is 12.2. The normalized spacial score (nSPS) is 17.8. The first-order chi connectivity index (χ1) is 15.1. The zero-order valence-electron chi connectivity index (χ0n) is 17.5. The third kappa shape index (κ3) is 4.25. The van der Waals surface area contributed by atoms with E-state index in [1.807, 2.05) is 71.4 Å². The van der Waals surface area contributed by atoms with Crippen LogP contribution in [0.15, 0.2) is 82.1 Å². The molecule has 8 heteroatoms. The molecule has 0 N–H and O–H groups in total. The van der Waals surface area contributed by atoms with E-state index in [0.717, 1.165) is 27.6 Å². The van der Waals surface area contributed by atoms with E-state index in [1.54, 1.807) is 6.34 Å². The molecule has 31 heavy (non-hydrogen) atoms. The highest BCUT2D eigenvalue weighted by atomic mass is 32.2. The summed E-state index contributed by atoms with van der Waals surface area (Å²) < 4.78 is 15.9. The SMILES string of the molecule is CO/C=C(/C(=O)OC)C1=C(C)N2N=CN(c3ccc(OCc4ccccc4)cc3)C2S1. The molecule has 160 valence electrons. The van der Waals surface area contributed by atoms with Gasteiger partial charge in [0.15, 0.2) is 5.50 Å². The molecule has 0 aromatic heterocycles. The number of hydrogen-bond acceptors (Lipinski definition) is 8. The van der Waals surface area contributed by atoms with Crippen LogP contribution < -0.4 is 9.64 Å². The Morgan fingerprint density at radius 1 is 1.13 bits per heavy atom. The number of methoxy groups -OCH3 is 2. The minimum absolute atomic E-state index is 0.129. The van der Waals surface area contributed by atoms with Crippen molar-refractivity contribution in [2.75, 3.05) is 19.1 Å². The lowest BCUT2D eigenvalue weighted by molar-refractivity contribution is -0.135. The van der Waals surface area contributed by atoms with Crippen molar-refractivity contribution in [3.63, 3.8) is 0 Å². The summed E-state index contributed by atoms with van der Waals surface area (Å²) in [6.45, 7) is 2.45. The van der Waals surface area contributed by atoms with Crippen molar-refractivity contribution in [1.82, 2.24) is 5.01 Å². The molecule has 2 aromatic carbocycles. The van der Waals surface area contributed by atoms with Crippen LogP contribution in [-0.2, 0) is 20.9 Å². The molecule has 0 aliphatic carbocycles. The van der Waals surface area contributed by atoms with Gasteiger partial charge in [-0.2, -0.15) is 5.10 Å². The van der Waals surface area contributed by atoms with Gasteiger partial charge in [0.1, 0.15) is 24.3 Å². The number of esters is 1. The van der Waals surface area contributed by atoms with Crippen LogP contribution in [0.3, 0.4) is 0 Å². The van der Waals surface area contributed by atoms with Crippen LogP contribution >= 0.6 is 11.8 Å². The van der Waals surface area contributed by atoms with Gasteiger partial charge >= 0.3 is 5.97 Å². The summed E-state index contributed by atoms with van der Waals surface area (Å²) in [6, 6.07) is 17.9. The van der Waals surface area contributed by atoms with Crippen LogP contribution in [-0.4, -0.2) is 37.0 Å². The maximum Gasteiger partial charge on any atom is 0.342 e. The summed E-state index contributed by atoms with van der Waals surface area (Å²) in [5, 5.41) is 6.40. The fourth-order valence-electron chi connectivity index (χ4n) is 3.33. The second-order valence-electron chi connectivity index (χ2n) is 6.87. The van der Waals surface area contributed by atoms with Gasteiger partial charge < -0.3 is 14.2 Å². The lowest BCUT2D eigenvalue weighted by atomic mass is 10.2. The van der Waals surface area contributed by atoms with Crippen molar-refractivity contribution >= 4 is 29.8 Å². The predicted molar refractivity (Wildman–Crippen MR) is 121 cm³/mol. The van der Waals surface area contributed by atoms with Gasteiger partial charge in [-0.3, -0.25) is 4.90 Å². The Kier molecular flexibility index (Phi) is 6.18. The Bertz CT molecular complexity index is 1030. The van der Waals surface area contributed by atoms with E-state index in [1.165, 1.54) is 32.2 Å². The zero-order chi connectivity index (χ0) is 21.8. The third-order valence-electron chi connectivity index (χ3n) is 4.91. The Hall–Kier alpha value is -3.39. The van der Waals surface area contributed by atoms with Crippen LogP contribution in [0.2, 0.25) is 0 Å². The number of fused-ring (bicyclic) bond motifs is 1. The molecule has 0 fully saturated rings. The van der Waals surface area contributed by atoms with E-state index < -0.39 is 5.97 Å². The Morgan fingerprint density at radius 3 is 2.55 bits per heavy atom. The molecular weight excluding hydrogens is 414 g/mol. The number of thioether (sulfide) groups is 1. The maximum atomic E-state index is 12.2. The van der Waals surface area contributed by atoms with Gasteiger partial charge in [0.05, 0.1) is 26.2 Å². The molecule has 0 saturated carbocycles. The average molecular weight is 438 g/mol. The highest BCUT2D eigenvalue weighted by Crippen LogP contribution is 2.46. The Morgan fingerprint density at radius 2 is 1.87 bits per heavy atom. The van der Waals surface area contributed by atoms with E-state index in [-0.39, 0.29) is 5.50 Å². The van der Waals surface area contributed by atoms with Crippen molar-refractivity contribution < 1.29 is 19.0 Å². The molecule has 2 aromatic rings. The van der Waals surface area contributed by atoms with Crippen LogP contribution in [0.5, 0.6) is 5.75 Å². The monoisotopic (exact) mass is 437 g/mol. The number of carbonyl (C=O) groups excluding carboxylic acids is 1. The van der Waals surface area contributed by atoms with E-state index >= 15 is 0 Å². The molecule has 1 unspecified atom stereocenters. The van der Waals surface area contributed by atoms with Crippen molar-refractivity contribution in [2.24, 2.45) is 5.10 Å². The number of allylic oxidation sites excluding steroid dienone is 1. The number of ether oxygens (including phenoxy) is 3. The lowest BCUT2D eigenvalue weighted by Crippen LogP contribution is -2.33. The molecule has 0 bridgehead atoms. The number of rotatable bonds is 7. The third-order valence-corrected chi connectivity index (χ3v) is 6.30. The highest BCUT2D eigenvalue weighted by Gasteiger charge is 2.40. The summed E-state index contributed by atoms with van der Waals surface area (Å²) in [4.78, 5) is 15.0. The van der Waals surface area contributed by atoms with Gasteiger partial charge in [-0.05, 0) is 36.8 Å². The van der Waals surface area contributed by atoms with Gasteiger partial charge in [0.2, 0.25) is 0 Å². The van der Waals surface area contributed by atoms with Crippen molar-refractivity contribution in [1.29, 1.82) is 0 Å². The van der Waals surface area contributed by atoms with Crippen LogP contribution in [0.4, 0.5) is 5.69 Å². The minimum Gasteiger partial charge on any atom is -0.503 e. The summed E-state index contributed by atoms with van der Waals surface area (Å²) >= 11 is 1.52. The molecule has 0 spiro atoms. The summed E-state index contributed by atoms with van der Waals surface area (Å²) in [5.74, 6) is 0.353. The number of nitrogens with zero attached hydrogens (tertiary/aromatic N) is 3. The number of anilines is 1. The fourth-order valence-corrected chi connectivity index (χ4v) is 4.66. The first-order valence-electron chi connectivity index (χ1n) is 9.70. The summed E-state index contributed by atoms with van der Waals surface area (Å²) in [5.41, 5.74) is 3.21. The van der Waals surface area contributed by atoms with Gasteiger partial charge in [-0.15, -0.1) is 0 Å². The first kappa shape index (κ1) is 20.9. The van der Waals surface area contributed by atoms with Crippen molar-refractivity contribution in [3.05, 3.63) is 82.6 Å². The number of carbonyl (C=O) groups is 1. The van der Waals surface area contributed by atoms with E-state index in [9.17, 15) is 4.79 Å². The smallest absolute Gasteiger partial charge is 0.342 e. The molecule has 1 atom stereocenters. The van der Waals surface area contributed by atoms with E-state index in [4.69, 9.17) is 14.2 Å². The van der Waals surface area contributed by atoms with E-state index in [0.29, 0.717) is 12.2 Å². The zero-order valence-corrected chi connectivity index (χ0v) is 18.3. The molecule has 7 nitrogen and oxygen atoms in total. The molecule has 0 saturated heterocycles. The lowest BCUT2D eigenvalue weighted by Gasteiger charge is -2.24. The molecule has 2 aliphatic rings. The standard InChI is InChI=1S/C23H23N3O4S/c1-16-21(20(14-28-2)22(27)29-3)31-23-25(15-24-26(16)23)18-9-11-19(12-10-18)30-13-17-7-5-4-6-8-17/h4-12,14-15,23H,13H2,1-3H3/b20-14+. The highest BCUT2D eigenvalue weighted by molar-refractivity contribution is 8.04. The Balaban J connectivity index is 1.46. The summed E-state index contributed by atoms with van der Waals surface area (Å²) in [6.07, 6.45) is 3.20. The minimum atomic E-state index is -0.444. The van der Waals surface area contributed by atoms with Gasteiger partial charge in [-0.1, -0.05) is 42.1 Å². The van der Waals surface area contributed by atoms with E-state index in [2.05, 4.69) is 5.10 Å². The van der Waals surface area contributed by atoms with Crippen molar-refractivity contribution in [3.8, 4) is 5.75 Å².